The van der Waals surface area contributed by atoms with E-state index in [0.717, 1.165) is 10.5 Å². The van der Waals surface area contributed by atoms with Crippen LogP contribution in [-0.2, 0) is 0 Å². The first kappa shape index (κ1) is 9.62. The molecule has 0 amide bonds. The summed E-state index contributed by atoms with van der Waals surface area (Å²) in [6.45, 7) is 4.00. The summed E-state index contributed by atoms with van der Waals surface area (Å²) in [5.41, 5.74) is 0.961. The minimum atomic E-state index is -0.362. The average Bonchev–Trinajstić information content (AvgIpc) is 2.04. The van der Waals surface area contributed by atoms with Gasteiger partial charge in [0.05, 0.1) is 6.10 Å². The molecule has 0 bridgehead atoms. The summed E-state index contributed by atoms with van der Waals surface area (Å²) >= 11 is 4.17. The molecule has 1 nitrogen and oxygen atoms in total. The van der Waals surface area contributed by atoms with Gasteiger partial charge in [0.2, 0.25) is 0 Å². The Kier molecular flexibility index (Phi) is 3.18. The molecule has 66 valence electrons. The summed E-state index contributed by atoms with van der Waals surface area (Å²) in [5, 5.41) is 9.66. The average molecular weight is 182 g/mol. The molecule has 1 N–H and O–H groups in total. The zero-order valence-corrected chi connectivity index (χ0v) is 8.25. The quantitative estimate of drug-likeness (QED) is 0.674. The molecular weight excluding hydrogens is 168 g/mol. The largest absolute Gasteiger partial charge is 0.388 e. The van der Waals surface area contributed by atoms with E-state index in [9.17, 15) is 5.11 Å². The molecule has 0 heterocycles. The van der Waals surface area contributed by atoms with Crippen molar-refractivity contribution in [3.05, 3.63) is 29.8 Å². The minimum absolute atomic E-state index is 0.260. The Labute approximate surface area is 78.8 Å². The summed E-state index contributed by atoms with van der Waals surface area (Å²) in [7, 11) is 0. The van der Waals surface area contributed by atoms with Gasteiger partial charge in [-0.3, -0.25) is 0 Å². The zero-order chi connectivity index (χ0) is 9.14. The lowest BCUT2D eigenvalue weighted by Crippen LogP contribution is -2.04. The lowest BCUT2D eigenvalue weighted by molar-refractivity contribution is 0.127. The lowest BCUT2D eigenvalue weighted by Gasteiger charge is -2.14. The van der Waals surface area contributed by atoms with E-state index in [2.05, 4.69) is 12.6 Å². The maximum absolute atomic E-state index is 9.66. The van der Waals surface area contributed by atoms with Gasteiger partial charge in [-0.25, -0.2) is 0 Å². The van der Waals surface area contributed by atoms with Crippen molar-refractivity contribution in [2.24, 2.45) is 5.92 Å². The van der Waals surface area contributed by atoms with E-state index in [1.165, 1.54) is 0 Å². The van der Waals surface area contributed by atoms with E-state index < -0.39 is 0 Å². The number of aliphatic hydroxyl groups is 1. The highest BCUT2D eigenvalue weighted by Crippen LogP contribution is 2.21. The molecular formula is C10H14OS. The topological polar surface area (TPSA) is 20.2 Å². The van der Waals surface area contributed by atoms with Crippen LogP contribution in [-0.4, -0.2) is 5.11 Å². The monoisotopic (exact) mass is 182 g/mol. The molecule has 0 saturated carbocycles. The standard InChI is InChI=1S/C10H14OS/c1-7(2)10(11)8-3-5-9(12)6-4-8/h3-7,10-12H,1-2H3. The van der Waals surface area contributed by atoms with Gasteiger partial charge in [0.1, 0.15) is 0 Å². The molecule has 1 rings (SSSR count). The van der Waals surface area contributed by atoms with Crippen LogP contribution in [0.4, 0.5) is 0 Å². The van der Waals surface area contributed by atoms with Crippen LogP contribution in [0.2, 0.25) is 0 Å². The molecule has 2 heteroatoms. The third-order valence-corrected chi connectivity index (χ3v) is 2.16. The summed E-state index contributed by atoms with van der Waals surface area (Å²) < 4.78 is 0. The van der Waals surface area contributed by atoms with Crippen LogP contribution in [0, 0.1) is 5.92 Å². The number of benzene rings is 1. The smallest absolute Gasteiger partial charge is 0.0812 e. The molecule has 0 radical (unpaired) electrons. The van der Waals surface area contributed by atoms with E-state index in [1.807, 2.05) is 38.1 Å². The molecule has 1 aromatic carbocycles. The van der Waals surface area contributed by atoms with E-state index in [1.54, 1.807) is 0 Å². The third kappa shape index (κ3) is 2.26. The predicted octanol–water partition coefficient (Wildman–Crippen LogP) is 2.66. The fourth-order valence-electron chi connectivity index (χ4n) is 1.06. The van der Waals surface area contributed by atoms with Crippen molar-refractivity contribution in [2.75, 3.05) is 0 Å². The van der Waals surface area contributed by atoms with Gasteiger partial charge in [0.15, 0.2) is 0 Å². The van der Waals surface area contributed by atoms with Crippen LogP contribution in [0.15, 0.2) is 29.2 Å². The van der Waals surface area contributed by atoms with Crippen LogP contribution in [0.5, 0.6) is 0 Å². The fraction of sp³-hybridized carbons (Fsp3) is 0.400. The van der Waals surface area contributed by atoms with Crippen molar-refractivity contribution < 1.29 is 5.11 Å². The zero-order valence-electron chi connectivity index (χ0n) is 7.36. The second kappa shape index (κ2) is 3.97. The molecule has 0 fully saturated rings. The maximum Gasteiger partial charge on any atom is 0.0812 e. The molecule has 1 unspecified atom stereocenters. The summed E-state index contributed by atoms with van der Waals surface area (Å²) in [5.74, 6) is 0.260. The van der Waals surface area contributed by atoms with Gasteiger partial charge in [-0.15, -0.1) is 12.6 Å². The van der Waals surface area contributed by atoms with E-state index in [4.69, 9.17) is 0 Å². The van der Waals surface area contributed by atoms with Crippen LogP contribution in [0.25, 0.3) is 0 Å². The Balaban J connectivity index is 2.82. The summed E-state index contributed by atoms with van der Waals surface area (Å²) in [4.78, 5) is 0.926. The number of rotatable bonds is 2. The molecule has 12 heavy (non-hydrogen) atoms. The van der Waals surface area contributed by atoms with Gasteiger partial charge in [0.25, 0.3) is 0 Å². The first-order chi connectivity index (χ1) is 5.61. The van der Waals surface area contributed by atoms with Crippen LogP contribution >= 0.6 is 12.6 Å². The number of hydrogen-bond donors (Lipinski definition) is 2. The minimum Gasteiger partial charge on any atom is -0.388 e. The highest BCUT2D eigenvalue weighted by molar-refractivity contribution is 7.80. The lowest BCUT2D eigenvalue weighted by atomic mass is 9.99. The third-order valence-electron chi connectivity index (χ3n) is 1.87. The van der Waals surface area contributed by atoms with Gasteiger partial charge in [0, 0.05) is 4.90 Å². The molecule has 0 aliphatic heterocycles. The molecule has 0 aromatic heterocycles. The van der Waals surface area contributed by atoms with Gasteiger partial charge >= 0.3 is 0 Å². The van der Waals surface area contributed by atoms with E-state index in [-0.39, 0.29) is 12.0 Å². The highest BCUT2D eigenvalue weighted by atomic mass is 32.1. The van der Waals surface area contributed by atoms with Crippen molar-refractivity contribution in [3.63, 3.8) is 0 Å². The molecule has 1 aromatic rings. The second-order valence-corrected chi connectivity index (χ2v) is 3.80. The Bertz CT molecular complexity index is 241. The Morgan fingerprint density at radius 3 is 2.08 bits per heavy atom. The van der Waals surface area contributed by atoms with Crippen LogP contribution in [0.3, 0.4) is 0 Å². The Morgan fingerprint density at radius 2 is 1.67 bits per heavy atom. The van der Waals surface area contributed by atoms with Gasteiger partial charge < -0.3 is 5.11 Å². The van der Waals surface area contributed by atoms with Crippen LogP contribution in [0.1, 0.15) is 25.5 Å². The van der Waals surface area contributed by atoms with Gasteiger partial charge in [-0.05, 0) is 23.6 Å². The highest BCUT2D eigenvalue weighted by Gasteiger charge is 2.10. The number of thiol groups is 1. The molecule has 1 atom stereocenters. The summed E-state index contributed by atoms with van der Waals surface area (Å²) in [6.07, 6.45) is -0.362. The van der Waals surface area contributed by atoms with E-state index >= 15 is 0 Å². The first-order valence-electron chi connectivity index (χ1n) is 4.08. The summed E-state index contributed by atoms with van der Waals surface area (Å²) in [6, 6.07) is 7.61. The SMILES string of the molecule is CC(C)C(O)c1ccc(S)cc1. The van der Waals surface area contributed by atoms with Gasteiger partial charge in [-0.2, -0.15) is 0 Å². The van der Waals surface area contributed by atoms with Gasteiger partial charge in [-0.1, -0.05) is 26.0 Å². The molecule has 0 aliphatic rings. The number of hydrogen-bond acceptors (Lipinski definition) is 2. The first-order valence-corrected chi connectivity index (χ1v) is 4.53. The normalized spacial score (nSPS) is 13.4. The predicted molar refractivity (Wildman–Crippen MR) is 53.5 cm³/mol. The van der Waals surface area contributed by atoms with Crippen molar-refractivity contribution in [1.29, 1.82) is 0 Å². The molecule has 0 aliphatic carbocycles. The Morgan fingerprint density at radius 1 is 1.17 bits per heavy atom. The van der Waals surface area contributed by atoms with E-state index in [0.29, 0.717) is 0 Å². The van der Waals surface area contributed by atoms with Crippen molar-refractivity contribution in [2.45, 2.75) is 24.8 Å². The van der Waals surface area contributed by atoms with Crippen molar-refractivity contribution in [1.82, 2.24) is 0 Å². The van der Waals surface area contributed by atoms with Crippen molar-refractivity contribution in [3.8, 4) is 0 Å². The van der Waals surface area contributed by atoms with Crippen molar-refractivity contribution >= 4 is 12.6 Å². The fourth-order valence-corrected chi connectivity index (χ4v) is 1.21. The second-order valence-electron chi connectivity index (χ2n) is 3.28. The maximum atomic E-state index is 9.66. The van der Waals surface area contributed by atoms with Crippen LogP contribution < -0.4 is 0 Å². The molecule has 0 spiro atoms. The Hall–Kier alpha value is -0.470. The molecule has 0 saturated heterocycles. The number of aliphatic hydroxyl groups excluding tert-OH is 1.